The van der Waals surface area contributed by atoms with E-state index in [1.807, 2.05) is 0 Å². The maximum atomic E-state index is 13.0. The number of amides is 1. The predicted molar refractivity (Wildman–Crippen MR) is 95.3 cm³/mol. The minimum absolute atomic E-state index is 0.0539. The number of nitrogens with zero attached hydrogens (tertiary/aromatic N) is 2. The van der Waals surface area contributed by atoms with E-state index in [1.165, 1.54) is 24.3 Å². The molecule has 1 amide bonds. The lowest BCUT2D eigenvalue weighted by atomic mass is 10.1. The minimum Gasteiger partial charge on any atom is -0.507 e. The normalized spacial score (nSPS) is 15.8. The van der Waals surface area contributed by atoms with Crippen LogP contribution in [0.25, 0.3) is 0 Å². The molecule has 1 saturated heterocycles. The van der Waals surface area contributed by atoms with Crippen LogP contribution in [0, 0.1) is 5.82 Å². The van der Waals surface area contributed by atoms with Crippen LogP contribution in [-0.2, 0) is 6.54 Å². The summed E-state index contributed by atoms with van der Waals surface area (Å²) < 4.78 is 13.0. The second-order valence-corrected chi connectivity index (χ2v) is 6.65. The molecule has 4 nitrogen and oxygen atoms in total. The SMILES string of the molecule is O=C(c1cc(Cl)ccc1O)N1CCCN(Cc2ccc(F)cc2)CC1. The summed E-state index contributed by atoms with van der Waals surface area (Å²) in [5, 5.41) is 10.4. The molecule has 1 heterocycles. The van der Waals surface area contributed by atoms with Gasteiger partial charge in [-0.15, -0.1) is 0 Å². The van der Waals surface area contributed by atoms with Crippen molar-refractivity contribution in [3.8, 4) is 5.75 Å². The number of rotatable bonds is 3. The summed E-state index contributed by atoms with van der Waals surface area (Å²) >= 11 is 5.94. The first-order valence-electron chi connectivity index (χ1n) is 8.27. The molecular formula is C19H20ClFN2O2. The van der Waals surface area contributed by atoms with Crippen molar-refractivity contribution < 1.29 is 14.3 Å². The molecule has 0 aliphatic carbocycles. The summed E-state index contributed by atoms with van der Waals surface area (Å²) in [4.78, 5) is 16.7. The molecule has 0 unspecified atom stereocenters. The van der Waals surface area contributed by atoms with Crippen molar-refractivity contribution in [1.29, 1.82) is 0 Å². The number of hydrogen-bond acceptors (Lipinski definition) is 3. The molecule has 1 N–H and O–H groups in total. The highest BCUT2D eigenvalue weighted by atomic mass is 35.5. The molecule has 0 spiro atoms. The largest absolute Gasteiger partial charge is 0.507 e. The van der Waals surface area contributed by atoms with E-state index in [0.717, 1.165) is 31.6 Å². The summed E-state index contributed by atoms with van der Waals surface area (Å²) in [5.74, 6) is -0.497. The Labute approximate surface area is 151 Å². The first-order chi connectivity index (χ1) is 12.0. The average Bonchev–Trinajstić information content (AvgIpc) is 2.84. The van der Waals surface area contributed by atoms with Crippen molar-refractivity contribution in [2.75, 3.05) is 26.2 Å². The van der Waals surface area contributed by atoms with Gasteiger partial charge in [-0.25, -0.2) is 4.39 Å². The first kappa shape index (κ1) is 17.7. The van der Waals surface area contributed by atoms with Crippen molar-refractivity contribution in [1.82, 2.24) is 9.80 Å². The van der Waals surface area contributed by atoms with Crippen molar-refractivity contribution >= 4 is 17.5 Å². The second-order valence-electron chi connectivity index (χ2n) is 6.21. The van der Waals surface area contributed by atoms with Gasteiger partial charge in [0.1, 0.15) is 11.6 Å². The third-order valence-corrected chi connectivity index (χ3v) is 4.62. The fourth-order valence-electron chi connectivity index (χ4n) is 3.03. The van der Waals surface area contributed by atoms with E-state index >= 15 is 0 Å². The van der Waals surface area contributed by atoms with Gasteiger partial charge >= 0.3 is 0 Å². The predicted octanol–water partition coefficient (Wildman–Crippen LogP) is 3.53. The zero-order valence-electron chi connectivity index (χ0n) is 13.8. The molecule has 0 atom stereocenters. The highest BCUT2D eigenvalue weighted by molar-refractivity contribution is 6.31. The molecule has 2 aromatic carbocycles. The highest BCUT2D eigenvalue weighted by Gasteiger charge is 2.22. The third-order valence-electron chi connectivity index (χ3n) is 4.38. The lowest BCUT2D eigenvalue weighted by Crippen LogP contribution is -2.35. The standard InChI is InChI=1S/C19H20ClFN2O2/c20-15-4-7-18(24)17(12-15)19(25)23-9-1-8-22(10-11-23)13-14-2-5-16(21)6-3-14/h2-7,12,24H,1,8-11,13H2. The summed E-state index contributed by atoms with van der Waals surface area (Å²) in [7, 11) is 0. The van der Waals surface area contributed by atoms with Crippen molar-refractivity contribution in [2.24, 2.45) is 0 Å². The van der Waals surface area contributed by atoms with E-state index in [0.29, 0.717) is 18.1 Å². The van der Waals surface area contributed by atoms with Gasteiger partial charge in [0, 0.05) is 37.7 Å². The van der Waals surface area contributed by atoms with E-state index in [-0.39, 0.29) is 23.0 Å². The summed E-state index contributed by atoms with van der Waals surface area (Å²) in [6.45, 7) is 3.52. The lowest BCUT2D eigenvalue weighted by Gasteiger charge is -2.22. The quantitative estimate of drug-likeness (QED) is 0.908. The molecule has 6 heteroatoms. The zero-order chi connectivity index (χ0) is 17.8. The monoisotopic (exact) mass is 362 g/mol. The van der Waals surface area contributed by atoms with Crippen LogP contribution in [0.2, 0.25) is 5.02 Å². The topological polar surface area (TPSA) is 43.8 Å². The number of aromatic hydroxyl groups is 1. The Bertz CT molecular complexity index is 752. The summed E-state index contributed by atoms with van der Waals surface area (Å²) in [6, 6.07) is 11.0. The highest BCUT2D eigenvalue weighted by Crippen LogP contribution is 2.23. The van der Waals surface area contributed by atoms with Crippen LogP contribution in [0.3, 0.4) is 0 Å². The molecule has 0 saturated carbocycles. The van der Waals surface area contributed by atoms with Crippen LogP contribution < -0.4 is 0 Å². The first-order valence-corrected chi connectivity index (χ1v) is 8.65. The third kappa shape index (κ3) is 4.50. The molecule has 1 aliphatic heterocycles. The van der Waals surface area contributed by atoms with Crippen LogP contribution in [0.1, 0.15) is 22.3 Å². The number of carbonyl (C=O) groups is 1. The van der Waals surface area contributed by atoms with Gasteiger partial charge in [0.05, 0.1) is 5.56 Å². The Kier molecular flexibility index (Phi) is 5.56. The fourth-order valence-corrected chi connectivity index (χ4v) is 3.20. The molecule has 0 bridgehead atoms. The maximum absolute atomic E-state index is 13.0. The number of phenolic OH excluding ortho intramolecular Hbond substituents is 1. The fraction of sp³-hybridized carbons (Fsp3) is 0.316. The van der Waals surface area contributed by atoms with Crippen LogP contribution in [0.4, 0.5) is 4.39 Å². The number of hydrogen-bond donors (Lipinski definition) is 1. The minimum atomic E-state index is -0.238. The molecule has 25 heavy (non-hydrogen) atoms. The zero-order valence-corrected chi connectivity index (χ0v) is 14.5. The summed E-state index contributed by atoms with van der Waals surface area (Å²) in [6.07, 6.45) is 0.842. The van der Waals surface area contributed by atoms with Gasteiger partial charge in [0.15, 0.2) is 0 Å². The van der Waals surface area contributed by atoms with Gasteiger partial charge in [-0.05, 0) is 42.3 Å². The van der Waals surface area contributed by atoms with Gasteiger partial charge in [-0.3, -0.25) is 9.69 Å². The Hall–Kier alpha value is -2.11. The van der Waals surface area contributed by atoms with E-state index in [4.69, 9.17) is 11.6 Å². The number of phenols is 1. The van der Waals surface area contributed by atoms with Gasteiger partial charge in [0.25, 0.3) is 5.91 Å². The molecule has 1 aliphatic rings. The smallest absolute Gasteiger partial charge is 0.257 e. The van der Waals surface area contributed by atoms with Crippen molar-refractivity contribution in [3.63, 3.8) is 0 Å². The summed E-state index contributed by atoms with van der Waals surface area (Å²) in [5.41, 5.74) is 1.29. The van der Waals surface area contributed by atoms with E-state index < -0.39 is 0 Å². The molecule has 3 rings (SSSR count). The van der Waals surface area contributed by atoms with Crippen molar-refractivity contribution in [2.45, 2.75) is 13.0 Å². The lowest BCUT2D eigenvalue weighted by molar-refractivity contribution is 0.0758. The van der Waals surface area contributed by atoms with Gasteiger partial charge in [-0.2, -0.15) is 0 Å². The molecule has 132 valence electrons. The number of benzene rings is 2. The Balaban J connectivity index is 1.64. The van der Waals surface area contributed by atoms with E-state index in [9.17, 15) is 14.3 Å². The van der Waals surface area contributed by atoms with Crippen LogP contribution in [-0.4, -0.2) is 47.0 Å². The molecule has 2 aromatic rings. The van der Waals surface area contributed by atoms with Gasteiger partial charge < -0.3 is 10.0 Å². The number of carbonyl (C=O) groups excluding carboxylic acids is 1. The van der Waals surface area contributed by atoms with E-state index in [2.05, 4.69) is 4.90 Å². The van der Waals surface area contributed by atoms with Crippen LogP contribution in [0.15, 0.2) is 42.5 Å². The van der Waals surface area contributed by atoms with Gasteiger partial charge in [0.2, 0.25) is 0 Å². The molecule has 0 aromatic heterocycles. The average molecular weight is 363 g/mol. The molecule has 0 radical (unpaired) electrons. The van der Waals surface area contributed by atoms with Crippen LogP contribution in [0.5, 0.6) is 5.75 Å². The Morgan fingerprint density at radius 3 is 2.60 bits per heavy atom. The molecular weight excluding hydrogens is 343 g/mol. The van der Waals surface area contributed by atoms with Crippen molar-refractivity contribution in [3.05, 3.63) is 64.4 Å². The van der Waals surface area contributed by atoms with Crippen LogP contribution >= 0.6 is 11.6 Å². The molecule has 1 fully saturated rings. The van der Waals surface area contributed by atoms with Gasteiger partial charge in [-0.1, -0.05) is 23.7 Å². The van der Waals surface area contributed by atoms with E-state index in [1.54, 1.807) is 23.1 Å². The second kappa shape index (κ2) is 7.85. The Morgan fingerprint density at radius 1 is 1.08 bits per heavy atom. The Morgan fingerprint density at radius 2 is 1.84 bits per heavy atom. The maximum Gasteiger partial charge on any atom is 0.257 e. The number of halogens is 2.